The lowest BCUT2D eigenvalue weighted by atomic mass is 9.72. The predicted octanol–water partition coefficient (Wildman–Crippen LogP) is 3.47. The molecule has 4 heteroatoms. The van der Waals surface area contributed by atoms with Crippen molar-refractivity contribution in [3.63, 3.8) is 0 Å². The van der Waals surface area contributed by atoms with Crippen molar-refractivity contribution in [3.8, 4) is 0 Å². The van der Waals surface area contributed by atoms with Crippen LogP contribution in [-0.2, 0) is 9.59 Å². The number of piperidine rings is 1. The molecule has 0 radical (unpaired) electrons. The minimum absolute atomic E-state index is 0.0502. The Labute approximate surface area is 137 Å². The normalized spacial score (nSPS) is 27.4. The fraction of sp³-hybridized carbons (Fsp3) is 0.579. The SMILES string of the molecule is Cc1cccc(C2CCCCN2C(=O)C2CCC2C(=O)O)c1C. The van der Waals surface area contributed by atoms with Crippen LogP contribution in [0.25, 0.3) is 0 Å². The minimum atomic E-state index is -0.824. The van der Waals surface area contributed by atoms with Gasteiger partial charge >= 0.3 is 5.97 Å². The van der Waals surface area contributed by atoms with Crippen LogP contribution in [0.1, 0.15) is 54.8 Å². The highest BCUT2D eigenvalue weighted by Crippen LogP contribution is 2.40. The van der Waals surface area contributed by atoms with Gasteiger partial charge in [-0.15, -0.1) is 0 Å². The first-order valence-corrected chi connectivity index (χ1v) is 8.60. The Morgan fingerprint density at radius 1 is 1.09 bits per heavy atom. The number of carboxylic acids is 1. The molecule has 3 atom stereocenters. The number of likely N-dealkylation sites (tertiary alicyclic amines) is 1. The topological polar surface area (TPSA) is 57.6 Å². The van der Waals surface area contributed by atoms with Gasteiger partial charge in [0.25, 0.3) is 0 Å². The molecular formula is C19H25NO3. The molecule has 0 spiro atoms. The summed E-state index contributed by atoms with van der Waals surface area (Å²) in [5.41, 5.74) is 3.72. The van der Waals surface area contributed by atoms with Gasteiger partial charge in [0.05, 0.1) is 17.9 Å². The molecule has 23 heavy (non-hydrogen) atoms. The molecule has 1 aliphatic heterocycles. The van der Waals surface area contributed by atoms with Crippen LogP contribution in [0, 0.1) is 25.7 Å². The first kappa shape index (κ1) is 16.0. The Kier molecular flexibility index (Phi) is 4.42. The zero-order valence-electron chi connectivity index (χ0n) is 13.9. The number of hydrogen-bond donors (Lipinski definition) is 1. The van der Waals surface area contributed by atoms with E-state index in [0.717, 1.165) is 25.8 Å². The highest BCUT2D eigenvalue weighted by Gasteiger charge is 2.45. The van der Waals surface area contributed by atoms with E-state index < -0.39 is 11.9 Å². The summed E-state index contributed by atoms with van der Waals surface area (Å²) in [4.78, 5) is 26.2. The molecule has 4 nitrogen and oxygen atoms in total. The second kappa shape index (κ2) is 6.34. The maximum atomic E-state index is 12.9. The van der Waals surface area contributed by atoms with Crippen molar-refractivity contribution in [2.75, 3.05) is 6.54 Å². The van der Waals surface area contributed by atoms with Crippen molar-refractivity contribution in [3.05, 3.63) is 34.9 Å². The standard InChI is InChI=1S/C19H25NO3/c1-12-6-5-7-14(13(12)2)17-8-3-4-11-20(17)18(21)15-9-10-16(15)19(22)23/h5-7,15-17H,3-4,8-11H2,1-2H3,(H,22,23). The molecule has 1 aromatic rings. The summed E-state index contributed by atoms with van der Waals surface area (Å²) in [5.74, 6) is -1.58. The van der Waals surface area contributed by atoms with Crippen molar-refractivity contribution >= 4 is 11.9 Å². The average Bonchev–Trinajstić information content (AvgIpc) is 2.48. The number of aryl methyl sites for hydroxylation is 1. The Morgan fingerprint density at radius 3 is 2.48 bits per heavy atom. The molecule has 0 bridgehead atoms. The van der Waals surface area contributed by atoms with Crippen molar-refractivity contribution < 1.29 is 14.7 Å². The summed E-state index contributed by atoms with van der Waals surface area (Å²) in [6, 6.07) is 6.37. The third-order valence-electron chi connectivity index (χ3n) is 5.70. The van der Waals surface area contributed by atoms with Gasteiger partial charge in [0.1, 0.15) is 0 Å². The van der Waals surface area contributed by atoms with Crippen LogP contribution in [0.4, 0.5) is 0 Å². The Bertz CT molecular complexity index is 625. The number of aliphatic carboxylic acids is 1. The minimum Gasteiger partial charge on any atom is -0.481 e. The summed E-state index contributed by atoms with van der Waals surface area (Å²) in [7, 11) is 0. The highest BCUT2D eigenvalue weighted by molar-refractivity contribution is 5.86. The van der Waals surface area contributed by atoms with Crippen LogP contribution in [-0.4, -0.2) is 28.4 Å². The van der Waals surface area contributed by atoms with Gasteiger partial charge in [-0.05, 0) is 62.6 Å². The van der Waals surface area contributed by atoms with E-state index in [1.54, 1.807) is 0 Å². The van der Waals surface area contributed by atoms with Crippen LogP contribution < -0.4 is 0 Å². The number of carboxylic acid groups (broad SMARTS) is 1. The molecule has 2 aliphatic rings. The monoisotopic (exact) mass is 315 g/mol. The Balaban J connectivity index is 1.86. The van der Waals surface area contributed by atoms with Gasteiger partial charge in [-0.1, -0.05) is 18.2 Å². The van der Waals surface area contributed by atoms with E-state index in [1.807, 2.05) is 4.90 Å². The number of amides is 1. The van der Waals surface area contributed by atoms with E-state index >= 15 is 0 Å². The molecule has 1 saturated heterocycles. The zero-order chi connectivity index (χ0) is 16.6. The van der Waals surface area contributed by atoms with Crippen molar-refractivity contribution in [1.82, 2.24) is 4.90 Å². The van der Waals surface area contributed by atoms with Crippen molar-refractivity contribution in [2.45, 2.75) is 52.0 Å². The zero-order valence-corrected chi connectivity index (χ0v) is 13.9. The number of nitrogens with zero attached hydrogens (tertiary/aromatic N) is 1. The second-order valence-corrected chi connectivity index (χ2v) is 6.96. The maximum Gasteiger partial charge on any atom is 0.307 e. The second-order valence-electron chi connectivity index (χ2n) is 6.96. The summed E-state index contributed by atoms with van der Waals surface area (Å²) >= 11 is 0. The lowest BCUT2D eigenvalue weighted by Gasteiger charge is -2.42. The summed E-state index contributed by atoms with van der Waals surface area (Å²) in [5, 5.41) is 9.24. The quantitative estimate of drug-likeness (QED) is 0.929. The fourth-order valence-corrected chi connectivity index (χ4v) is 3.96. The molecule has 2 fully saturated rings. The van der Waals surface area contributed by atoms with E-state index in [4.69, 9.17) is 0 Å². The van der Waals surface area contributed by atoms with Gasteiger partial charge < -0.3 is 10.0 Å². The maximum absolute atomic E-state index is 12.9. The number of benzene rings is 1. The third-order valence-corrected chi connectivity index (χ3v) is 5.70. The van der Waals surface area contributed by atoms with Crippen LogP contribution in [0.15, 0.2) is 18.2 Å². The first-order chi connectivity index (χ1) is 11.0. The van der Waals surface area contributed by atoms with Crippen LogP contribution >= 0.6 is 0 Å². The largest absolute Gasteiger partial charge is 0.481 e. The molecule has 1 aliphatic carbocycles. The summed E-state index contributed by atoms with van der Waals surface area (Å²) in [6.45, 7) is 4.96. The molecule has 1 saturated carbocycles. The molecule has 1 aromatic carbocycles. The van der Waals surface area contributed by atoms with Gasteiger partial charge in [0.2, 0.25) is 5.91 Å². The molecular weight excluding hydrogens is 290 g/mol. The average molecular weight is 315 g/mol. The molecule has 3 rings (SSSR count). The lowest BCUT2D eigenvalue weighted by Crippen LogP contribution is -2.48. The molecule has 1 heterocycles. The highest BCUT2D eigenvalue weighted by atomic mass is 16.4. The van der Waals surface area contributed by atoms with Gasteiger partial charge in [0.15, 0.2) is 0 Å². The molecule has 0 aromatic heterocycles. The third kappa shape index (κ3) is 2.87. The molecule has 3 unspecified atom stereocenters. The number of hydrogen-bond acceptors (Lipinski definition) is 2. The van der Waals surface area contributed by atoms with Gasteiger partial charge in [-0.25, -0.2) is 0 Å². The van der Waals surface area contributed by atoms with Crippen LogP contribution in [0.3, 0.4) is 0 Å². The number of carbonyl (C=O) groups excluding carboxylic acids is 1. The van der Waals surface area contributed by atoms with Gasteiger partial charge in [-0.3, -0.25) is 9.59 Å². The van der Waals surface area contributed by atoms with Gasteiger partial charge in [-0.2, -0.15) is 0 Å². The van der Waals surface area contributed by atoms with E-state index in [1.165, 1.54) is 16.7 Å². The molecule has 124 valence electrons. The van der Waals surface area contributed by atoms with E-state index in [-0.39, 0.29) is 17.9 Å². The van der Waals surface area contributed by atoms with Crippen molar-refractivity contribution in [1.29, 1.82) is 0 Å². The Morgan fingerprint density at radius 2 is 1.83 bits per heavy atom. The van der Waals surface area contributed by atoms with Crippen LogP contribution in [0.2, 0.25) is 0 Å². The summed E-state index contributed by atoms with van der Waals surface area (Å²) in [6.07, 6.45) is 4.45. The fourth-order valence-electron chi connectivity index (χ4n) is 3.96. The first-order valence-electron chi connectivity index (χ1n) is 8.60. The molecule has 1 N–H and O–H groups in total. The van der Waals surface area contributed by atoms with Crippen LogP contribution in [0.5, 0.6) is 0 Å². The van der Waals surface area contributed by atoms with E-state index in [9.17, 15) is 14.7 Å². The van der Waals surface area contributed by atoms with Crippen molar-refractivity contribution in [2.24, 2.45) is 11.8 Å². The number of rotatable bonds is 3. The smallest absolute Gasteiger partial charge is 0.307 e. The summed E-state index contributed by atoms with van der Waals surface area (Å²) < 4.78 is 0. The van der Waals surface area contributed by atoms with E-state index in [0.29, 0.717) is 12.8 Å². The van der Waals surface area contributed by atoms with Gasteiger partial charge in [0, 0.05) is 6.54 Å². The predicted molar refractivity (Wildman–Crippen MR) is 88.1 cm³/mol. The molecule has 1 amide bonds. The number of carbonyl (C=O) groups is 2. The van der Waals surface area contributed by atoms with E-state index in [2.05, 4.69) is 32.0 Å². The Hall–Kier alpha value is -1.84. The lowest BCUT2D eigenvalue weighted by molar-refractivity contribution is -0.158.